The van der Waals surface area contributed by atoms with E-state index in [-0.39, 0.29) is 17.9 Å². The molecule has 1 saturated carbocycles. The molecule has 0 spiro atoms. The monoisotopic (exact) mass is 223 g/mol. The van der Waals surface area contributed by atoms with Crippen LogP contribution in [-0.2, 0) is 0 Å². The molecular formula is C11H17N3O2. The van der Waals surface area contributed by atoms with Gasteiger partial charge in [0, 0.05) is 18.8 Å². The molecule has 0 unspecified atom stereocenters. The third-order valence-electron chi connectivity index (χ3n) is 3.30. The third kappa shape index (κ3) is 2.24. The summed E-state index contributed by atoms with van der Waals surface area (Å²) < 4.78 is 0. The van der Waals surface area contributed by atoms with Gasteiger partial charge in [-0.25, -0.2) is 0 Å². The van der Waals surface area contributed by atoms with Crippen molar-refractivity contribution in [1.82, 2.24) is 15.5 Å². The minimum absolute atomic E-state index is 0.0875. The molecule has 1 aliphatic carbocycles. The van der Waals surface area contributed by atoms with Crippen LogP contribution in [0, 0.1) is 12.3 Å². The number of aliphatic hydroxyl groups excluding tert-OH is 1. The fourth-order valence-electron chi connectivity index (χ4n) is 1.87. The van der Waals surface area contributed by atoms with Crippen LogP contribution in [0.2, 0.25) is 0 Å². The van der Waals surface area contributed by atoms with Crippen LogP contribution in [0.1, 0.15) is 35.3 Å². The lowest BCUT2D eigenvalue weighted by atomic mass is 10.0. The molecule has 1 amide bonds. The van der Waals surface area contributed by atoms with Crippen LogP contribution >= 0.6 is 0 Å². The predicted molar refractivity (Wildman–Crippen MR) is 59.0 cm³/mol. The lowest BCUT2D eigenvalue weighted by molar-refractivity contribution is 0.0940. The number of H-pyrrole nitrogens is 1. The first-order valence-corrected chi connectivity index (χ1v) is 5.56. The summed E-state index contributed by atoms with van der Waals surface area (Å²) in [5.74, 6) is -0.0875. The summed E-state index contributed by atoms with van der Waals surface area (Å²) in [6.45, 7) is 2.67. The summed E-state index contributed by atoms with van der Waals surface area (Å²) >= 11 is 0. The molecular weight excluding hydrogens is 206 g/mol. The number of aromatic nitrogens is 2. The zero-order valence-corrected chi connectivity index (χ0v) is 9.42. The van der Waals surface area contributed by atoms with Gasteiger partial charge in [-0.1, -0.05) is 0 Å². The Morgan fingerprint density at radius 2 is 2.44 bits per heavy atom. The number of aliphatic hydroxyl groups is 1. The van der Waals surface area contributed by atoms with Crippen LogP contribution in [0.25, 0.3) is 0 Å². The molecule has 88 valence electrons. The highest BCUT2D eigenvalue weighted by molar-refractivity contribution is 5.94. The van der Waals surface area contributed by atoms with E-state index in [1.807, 2.05) is 6.92 Å². The number of carbonyl (C=O) groups excluding carboxylic acids is 1. The van der Waals surface area contributed by atoms with Crippen LogP contribution in [0.5, 0.6) is 0 Å². The highest BCUT2D eigenvalue weighted by atomic mass is 16.3. The molecule has 1 aromatic heterocycles. The van der Waals surface area contributed by atoms with Crippen molar-refractivity contribution >= 4 is 5.91 Å². The van der Waals surface area contributed by atoms with E-state index in [2.05, 4.69) is 15.5 Å². The average molecular weight is 223 g/mol. The largest absolute Gasteiger partial charge is 0.396 e. The van der Waals surface area contributed by atoms with E-state index in [1.54, 1.807) is 0 Å². The molecule has 0 aromatic carbocycles. The van der Waals surface area contributed by atoms with E-state index in [9.17, 15) is 4.79 Å². The number of aromatic amines is 1. The molecule has 0 atom stereocenters. The van der Waals surface area contributed by atoms with Gasteiger partial charge in [-0.2, -0.15) is 5.10 Å². The minimum atomic E-state index is -0.0875. The average Bonchev–Trinajstić information content (AvgIpc) is 2.89. The zero-order chi connectivity index (χ0) is 11.6. The minimum Gasteiger partial charge on any atom is -0.396 e. The van der Waals surface area contributed by atoms with Crippen LogP contribution in [0.15, 0.2) is 6.20 Å². The molecule has 1 aliphatic rings. The van der Waals surface area contributed by atoms with Crippen molar-refractivity contribution in [2.75, 3.05) is 13.2 Å². The van der Waals surface area contributed by atoms with Crippen LogP contribution < -0.4 is 5.32 Å². The fraction of sp³-hybridized carbons (Fsp3) is 0.636. The third-order valence-corrected chi connectivity index (χ3v) is 3.30. The maximum absolute atomic E-state index is 11.8. The quantitative estimate of drug-likeness (QED) is 0.684. The molecule has 0 saturated heterocycles. The first kappa shape index (κ1) is 11.1. The van der Waals surface area contributed by atoms with Crippen LogP contribution in [0.3, 0.4) is 0 Å². The van der Waals surface area contributed by atoms with Crippen molar-refractivity contribution in [3.63, 3.8) is 0 Å². The number of rotatable bonds is 5. The Kier molecular flexibility index (Phi) is 2.96. The normalized spacial score (nSPS) is 17.1. The van der Waals surface area contributed by atoms with E-state index >= 15 is 0 Å². The second-order valence-corrected chi connectivity index (χ2v) is 4.56. The van der Waals surface area contributed by atoms with E-state index in [0.29, 0.717) is 12.1 Å². The molecule has 16 heavy (non-hydrogen) atoms. The van der Waals surface area contributed by atoms with Gasteiger partial charge in [0.1, 0.15) is 0 Å². The molecule has 3 N–H and O–H groups in total. The molecule has 2 rings (SSSR count). The van der Waals surface area contributed by atoms with Crippen molar-refractivity contribution in [2.24, 2.45) is 5.41 Å². The Labute approximate surface area is 94.2 Å². The molecule has 0 radical (unpaired) electrons. The molecule has 0 aliphatic heterocycles. The van der Waals surface area contributed by atoms with Crippen molar-refractivity contribution in [2.45, 2.75) is 26.2 Å². The second kappa shape index (κ2) is 4.25. The number of aryl methyl sites for hydroxylation is 1. The molecule has 5 heteroatoms. The number of hydrogen-bond acceptors (Lipinski definition) is 3. The summed E-state index contributed by atoms with van der Waals surface area (Å²) in [5.41, 5.74) is 1.53. The van der Waals surface area contributed by atoms with Crippen LogP contribution in [-0.4, -0.2) is 34.4 Å². The van der Waals surface area contributed by atoms with Gasteiger partial charge < -0.3 is 10.4 Å². The van der Waals surface area contributed by atoms with Gasteiger partial charge in [-0.3, -0.25) is 9.89 Å². The SMILES string of the molecule is Cc1[nH]ncc1C(=O)NCC1(CCO)CC1. The van der Waals surface area contributed by atoms with Gasteiger partial charge in [0.05, 0.1) is 11.8 Å². The highest BCUT2D eigenvalue weighted by Gasteiger charge is 2.41. The Bertz CT molecular complexity index is 382. The smallest absolute Gasteiger partial charge is 0.254 e. The standard InChI is InChI=1S/C11H17N3O2/c1-8-9(6-13-14-8)10(16)12-7-11(2-3-11)4-5-15/h6,15H,2-5,7H2,1H3,(H,12,16)(H,13,14). The fourth-order valence-corrected chi connectivity index (χ4v) is 1.87. The highest BCUT2D eigenvalue weighted by Crippen LogP contribution is 2.47. The van der Waals surface area contributed by atoms with Gasteiger partial charge in [-0.05, 0) is 31.6 Å². The number of amides is 1. The zero-order valence-electron chi connectivity index (χ0n) is 9.42. The number of nitrogens with one attached hydrogen (secondary N) is 2. The van der Waals surface area contributed by atoms with Crippen molar-refractivity contribution < 1.29 is 9.90 Å². The van der Waals surface area contributed by atoms with Gasteiger partial charge in [0.25, 0.3) is 5.91 Å². The Balaban J connectivity index is 1.87. The summed E-state index contributed by atoms with van der Waals surface area (Å²) in [5, 5.41) is 18.4. The summed E-state index contributed by atoms with van der Waals surface area (Å²) in [7, 11) is 0. The molecule has 0 bridgehead atoms. The predicted octanol–water partition coefficient (Wildman–Crippen LogP) is 0.611. The number of carbonyl (C=O) groups is 1. The molecule has 1 heterocycles. The van der Waals surface area contributed by atoms with Gasteiger partial charge in [-0.15, -0.1) is 0 Å². The first-order chi connectivity index (χ1) is 7.67. The van der Waals surface area contributed by atoms with Crippen molar-refractivity contribution in [3.8, 4) is 0 Å². The van der Waals surface area contributed by atoms with Gasteiger partial charge in [0.2, 0.25) is 0 Å². The van der Waals surface area contributed by atoms with Crippen molar-refractivity contribution in [1.29, 1.82) is 0 Å². The van der Waals surface area contributed by atoms with Gasteiger partial charge >= 0.3 is 0 Å². The van der Waals surface area contributed by atoms with E-state index in [1.165, 1.54) is 6.20 Å². The van der Waals surface area contributed by atoms with Crippen LogP contribution in [0.4, 0.5) is 0 Å². The summed E-state index contributed by atoms with van der Waals surface area (Å²) in [6, 6.07) is 0. The second-order valence-electron chi connectivity index (χ2n) is 4.56. The maximum Gasteiger partial charge on any atom is 0.254 e. The Morgan fingerprint density at radius 1 is 1.69 bits per heavy atom. The van der Waals surface area contributed by atoms with E-state index in [0.717, 1.165) is 25.0 Å². The molecule has 1 aromatic rings. The molecule has 1 fully saturated rings. The van der Waals surface area contributed by atoms with E-state index < -0.39 is 0 Å². The van der Waals surface area contributed by atoms with Crippen molar-refractivity contribution in [3.05, 3.63) is 17.5 Å². The number of hydrogen-bond donors (Lipinski definition) is 3. The first-order valence-electron chi connectivity index (χ1n) is 5.56. The number of nitrogens with zero attached hydrogens (tertiary/aromatic N) is 1. The topological polar surface area (TPSA) is 78.0 Å². The lowest BCUT2D eigenvalue weighted by Crippen LogP contribution is -2.30. The summed E-state index contributed by atoms with van der Waals surface area (Å²) in [6.07, 6.45) is 4.50. The maximum atomic E-state index is 11.8. The van der Waals surface area contributed by atoms with Gasteiger partial charge in [0.15, 0.2) is 0 Å². The summed E-state index contributed by atoms with van der Waals surface area (Å²) in [4.78, 5) is 11.8. The Morgan fingerprint density at radius 3 is 2.94 bits per heavy atom. The Hall–Kier alpha value is -1.36. The molecule has 5 nitrogen and oxygen atoms in total. The lowest BCUT2D eigenvalue weighted by Gasteiger charge is -2.14. The van der Waals surface area contributed by atoms with E-state index in [4.69, 9.17) is 5.11 Å².